The van der Waals surface area contributed by atoms with E-state index in [1.165, 1.54) is 25.7 Å². The standard InChI is InChI=1S/C16H36O4Si/c1-5-9-10-11-14-17-15-12-13-16-21(18-6-2,19-7-3)20-8-4/h5-16H2,1-4H3. The van der Waals surface area contributed by atoms with Gasteiger partial charge in [0.2, 0.25) is 0 Å². The SMILES string of the molecule is CCCCCCOCCCC[Si](OCC)(OCC)OCC. The van der Waals surface area contributed by atoms with Crippen LogP contribution in [-0.4, -0.2) is 41.8 Å². The molecule has 0 aliphatic rings. The molecule has 0 bridgehead atoms. The molecule has 0 aromatic rings. The van der Waals surface area contributed by atoms with Crippen molar-refractivity contribution in [1.82, 2.24) is 0 Å². The molecule has 0 aliphatic carbocycles. The molecule has 0 aromatic heterocycles. The largest absolute Gasteiger partial charge is 0.500 e. The molecule has 0 aromatic carbocycles. The first-order valence-corrected chi connectivity index (χ1v) is 10.7. The fraction of sp³-hybridized carbons (Fsp3) is 1.00. The highest BCUT2D eigenvalue weighted by molar-refractivity contribution is 6.60. The van der Waals surface area contributed by atoms with Gasteiger partial charge in [-0.3, -0.25) is 0 Å². The Bertz CT molecular complexity index is 197. The summed E-state index contributed by atoms with van der Waals surface area (Å²) in [4.78, 5) is 0. The van der Waals surface area contributed by atoms with Gasteiger partial charge < -0.3 is 18.0 Å². The summed E-state index contributed by atoms with van der Waals surface area (Å²) in [6.45, 7) is 11.9. The van der Waals surface area contributed by atoms with Crippen molar-refractivity contribution >= 4 is 8.80 Å². The first-order chi connectivity index (χ1) is 10.2. The molecule has 0 saturated carbocycles. The van der Waals surface area contributed by atoms with E-state index < -0.39 is 8.80 Å². The van der Waals surface area contributed by atoms with Crippen LogP contribution < -0.4 is 0 Å². The fourth-order valence-electron chi connectivity index (χ4n) is 2.28. The predicted molar refractivity (Wildman–Crippen MR) is 89.6 cm³/mol. The maximum absolute atomic E-state index is 5.84. The van der Waals surface area contributed by atoms with E-state index in [4.69, 9.17) is 18.0 Å². The summed E-state index contributed by atoms with van der Waals surface area (Å²) < 4.78 is 23.2. The molecular weight excluding hydrogens is 284 g/mol. The van der Waals surface area contributed by atoms with Crippen molar-refractivity contribution in [1.29, 1.82) is 0 Å². The Morgan fingerprint density at radius 3 is 1.62 bits per heavy atom. The number of ether oxygens (including phenoxy) is 1. The first kappa shape index (κ1) is 21.1. The molecule has 0 N–H and O–H groups in total. The van der Waals surface area contributed by atoms with Crippen LogP contribution in [0.1, 0.15) is 66.2 Å². The average molecular weight is 321 g/mol. The van der Waals surface area contributed by atoms with E-state index in [1.807, 2.05) is 20.8 Å². The van der Waals surface area contributed by atoms with Crippen LogP contribution >= 0.6 is 0 Å². The summed E-state index contributed by atoms with van der Waals surface area (Å²) in [5.41, 5.74) is 0. The zero-order valence-electron chi connectivity index (χ0n) is 14.6. The third-order valence-electron chi connectivity index (χ3n) is 3.26. The summed E-state index contributed by atoms with van der Waals surface area (Å²) in [7, 11) is -2.44. The molecule has 0 atom stereocenters. The van der Waals surface area contributed by atoms with E-state index in [0.717, 1.165) is 32.1 Å². The highest BCUT2D eigenvalue weighted by Crippen LogP contribution is 2.19. The molecule has 0 rings (SSSR count). The third kappa shape index (κ3) is 11.3. The first-order valence-electron chi connectivity index (χ1n) is 8.74. The van der Waals surface area contributed by atoms with Gasteiger partial charge in [-0.25, -0.2) is 0 Å². The second kappa shape index (κ2) is 15.0. The van der Waals surface area contributed by atoms with Crippen LogP contribution in [0.2, 0.25) is 6.04 Å². The van der Waals surface area contributed by atoms with E-state index in [1.54, 1.807) is 0 Å². The van der Waals surface area contributed by atoms with E-state index in [0.29, 0.717) is 19.8 Å². The van der Waals surface area contributed by atoms with Crippen LogP contribution in [0, 0.1) is 0 Å². The van der Waals surface area contributed by atoms with Gasteiger partial charge in [0.15, 0.2) is 0 Å². The number of hydrogen-bond donors (Lipinski definition) is 0. The molecule has 0 aliphatic heterocycles. The van der Waals surface area contributed by atoms with Crippen molar-refractivity contribution in [2.75, 3.05) is 33.0 Å². The Kier molecular flexibility index (Phi) is 15.0. The minimum atomic E-state index is -2.44. The Labute approximate surface area is 132 Å². The molecule has 128 valence electrons. The minimum absolute atomic E-state index is 0.653. The van der Waals surface area contributed by atoms with Gasteiger partial charge in [-0.2, -0.15) is 0 Å². The van der Waals surface area contributed by atoms with Gasteiger partial charge in [-0.1, -0.05) is 26.2 Å². The summed E-state index contributed by atoms with van der Waals surface area (Å²) in [6, 6.07) is 0.891. The Morgan fingerprint density at radius 1 is 0.619 bits per heavy atom. The lowest BCUT2D eigenvalue weighted by Gasteiger charge is -2.28. The molecule has 0 fully saturated rings. The normalized spacial score (nSPS) is 12.0. The molecule has 0 heterocycles. The monoisotopic (exact) mass is 320 g/mol. The molecule has 0 radical (unpaired) electrons. The van der Waals surface area contributed by atoms with Gasteiger partial charge in [-0.15, -0.1) is 0 Å². The van der Waals surface area contributed by atoms with Crippen molar-refractivity contribution in [3.63, 3.8) is 0 Å². The van der Waals surface area contributed by atoms with E-state index in [9.17, 15) is 0 Å². The highest BCUT2D eigenvalue weighted by Gasteiger charge is 2.39. The zero-order valence-corrected chi connectivity index (χ0v) is 15.6. The van der Waals surface area contributed by atoms with E-state index in [2.05, 4.69) is 6.92 Å². The Balaban J connectivity index is 3.76. The predicted octanol–water partition coefficient (Wildman–Crippen LogP) is 4.41. The van der Waals surface area contributed by atoms with Gasteiger partial charge in [-0.05, 0) is 40.0 Å². The van der Waals surface area contributed by atoms with Crippen LogP contribution in [0.4, 0.5) is 0 Å². The van der Waals surface area contributed by atoms with Gasteiger partial charge in [0, 0.05) is 39.1 Å². The molecule has 0 spiro atoms. The maximum atomic E-state index is 5.84. The maximum Gasteiger partial charge on any atom is 0.500 e. The van der Waals surface area contributed by atoms with Gasteiger partial charge in [0.1, 0.15) is 0 Å². The number of hydrogen-bond acceptors (Lipinski definition) is 4. The van der Waals surface area contributed by atoms with Gasteiger partial charge >= 0.3 is 8.80 Å². The van der Waals surface area contributed by atoms with Crippen molar-refractivity contribution in [2.45, 2.75) is 72.3 Å². The number of unbranched alkanes of at least 4 members (excludes halogenated alkanes) is 4. The van der Waals surface area contributed by atoms with Crippen molar-refractivity contribution in [3.8, 4) is 0 Å². The lowest BCUT2D eigenvalue weighted by atomic mass is 10.2. The second-order valence-electron chi connectivity index (χ2n) is 5.11. The molecule has 0 saturated heterocycles. The lowest BCUT2D eigenvalue weighted by Crippen LogP contribution is -2.45. The van der Waals surface area contributed by atoms with Crippen LogP contribution in [0.5, 0.6) is 0 Å². The van der Waals surface area contributed by atoms with Crippen LogP contribution in [0.25, 0.3) is 0 Å². The Morgan fingerprint density at radius 2 is 1.14 bits per heavy atom. The Hall–Kier alpha value is 0.0569. The van der Waals surface area contributed by atoms with E-state index in [-0.39, 0.29) is 0 Å². The molecule has 0 amide bonds. The summed E-state index contributed by atoms with van der Waals surface area (Å²) in [5, 5.41) is 0. The third-order valence-corrected chi connectivity index (χ3v) is 6.41. The van der Waals surface area contributed by atoms with E-state index >= 15 is 0 Å². The number of rotatable bonds is 16. The summed E-state index contributed by atoms with van der Waals surface area (Å²) >= 11 is 0. The quantitative estimate of drug-likeness (QED) is 0.312. The molecule has 5 heteroatoms. The zero-order chi connectivity index (χ0) is 15.8. The minimum Gasteiger partial charge on any atom is -0.381 e. The summed E-state index contributed by atoms with van der Waals surface area (Å²) in [6.07, 6.45) is 7.15. The van der Waals surface area contributed by atoms with Gasteiger partial charge in [0.05, 0.1) is 0 Å². The van der Waals surface area contributed by atoms with Crippen LogP contribution in [0.15, 0.2) is 0 Å². The van der Waals surface area contributed by atoms with Crippen molar-refractivity contribution < 1.29 is 18.0 Å². The topological polar surface area (TPSA) is 36.9 Å². The van der Waals surface area contributed by atoms with Crippen LogP contribution in [-0.2, 0) is 18.0 Å². The fourth-order valence-corrected chi connectivity index (χ4v) is 4.97. The molecule has 0 unspecified atom stereocenters. The summed E-state index contributed by atoms with van der Waals surface area (Å²) in [5.74, 6) is 0. The lowest BCUT2D eigenvalue weighted by molar-refractivity contribution is 0.0692. The van der Waals surface area contributed by atoms with Gasteiger partial charge in [0.25, 0.3) is 0 Å². The average Bonchev–Trinajstić information content (AvgIpc) is 2.46. The molecule has 4 nitrogen and oxygen atoms in total. The second-order valence-corrected chi connectivity index (χ2v) is 7.84. The van der Waals surface area contributed by atoms with Crippen LogP contribution in [0.3, 0.4) is 0 Å². The van der Waals surface area contributed by atoms with Crippen molar-refractivity contribution in [2.24, 2.45) is 0 Å². The smallest absolute Gasteiger partial charge is 0.381 e. The molecule has 21 heavy (non-hydrogen) atoms. The van der Waals surface area contributed by atoms with Crippen molar-refractivity contribution in [3.05, 3.63) is 0 Å². The highest BCUT2D eigenvalue weighted by atomic mass is 28.4. The molecular formula is C16H36O4Si.